The Kier molecular flexibility index (Phi) is 5.79. The smallest absolute Gasteiger partial charge is 0.271 e. The molecule has 6 nitrogen and oxygen atoms in total. The van der Waals surface area contributed by atoms with Crippen molar-refractivity contribution in [3.8, 4) is 11.5 Å². The molecule has 0 saturated carbocycles. The number of nitrogens with zero attached hydrogens (tertiary/aromatic N) is 1. The summed E-state index contributed by atoms with van der Waals surface area (Å²) in [7, 11) is 0. The van der Waals surface area contributed by atoms with E-state index in [0.717, 1.165) is 22.8 Å². The lowest BCUT2D eigenvalue weighted by atomic mass is 10.2. The number of nitrogens with two attached hydrogens (primary N) is 1. The molecule has 4 N–H and O–H groups in total. The van der Waals surface area contributed by atoms with Crippen molar-refractivity contribution in [3.05, 3.63) is 69.8 Å². The number of benzene rings is 2. The molecule has 0 spiro atoms. The summed E-state index contributed by atoms with van der Waals surface area (Å²) in [6.07, 6.45) is 0. The standard InChI is InChI=1S/C20H21FN4O2S/c1-11(2)23-18(22)17-19(26)25-28-20(17)24-13-5-7-14(8-6-13)27-16-10-12(3)4-9-15(16)21/h4-11,24H,1-3H3,(H2,22,23)(H,25,26). The van der Waals surface area contributed by atoms with Gasteiger partial charge in [0, 0.05) is 11.7 Å². The molecule has 0 aliphatic rings. The van der Waals surface area contributed by atoms with E-state index in [1.165, 1.54) is 6.07 Å². The molecule has 0 fully saturated rings. The molecule has 3 aromatic rings. The molecular weight excluding hydrogens is 379 g/mol. The van der Waals surface area contributed by atoms with Crippen molar-refractivity contribution in [1.82, 2.24) is 4.37 Å². The van der Waals surface area contributed by atoms with Crippen LogP contribution in [0.3, 0.4) is 0 Å². The van der Waals surface area contributed by atoms with Crippen LogP contribution in [0.1, 0.15) is 25.0 Å². The maximum atomic E-state index is 13.8. The van der Waals surface area contributed by atoms with E-state index in [1.54, 1.807) is 36.4 Å². The third-order valence-electron chi connectivity index (χ3n) is 3.78. The minimum absolute atomic E-state index is 0.0226. The number of aromatic amines is 1. The number of aryl methyl sites for hydroxylation is 1. The number of amidine groups is 1. The third-order valence-corrected chi connectivity index (χ3v) is 4.58. The lowest BCUT2D eigenvalue weighted by Crippen LogP contribution is -2.23. The number of aromatic nitrogens is 1. The monoisotopic (exact) mass is 400 g/mol. The molecule has 0 radical (unpaired) electrons. The van der Waals surface area contributed by atoms with E-state index in [-0.39, 0.29) is 23.2 Å². The number of hydrogen-bond acceptors (Lipinski definition) is 5. The number of halogens is 1. The zero-order chi connectivity index (χ0) is 20.3. The number of nitrogens with one attached hydrogen (secondary N) is 2. The Bertz CT molecular complexity index is 1050. The van der Waals surface area contributed by atoms with Gasteiger partial charge in [0.1, 0.15) is 22.1 Å². The molecule has 146 valence electrons. The van der Waals surface area contributed by atoms with Crippen molar-refractivity contribution >= 4 is 28.1 Å². The van der Waals surface area contributed by atoms with Crippen molar-refractivity contribution in [2.75, 3.05) is 5.32 Å². The van der Waals surface area contributed by atoms with Crippen LogP contribution in [0.5, 0.6) is 11.5 Å². The van der Waals surface area contributed by atoms with Crippen LogP contribution in [0.15, 0.2) is 52.3 Å². The van der Waals surface area contributed by atoms with Gasteiger partial charge in [0.05, 0.1) is 0 Å². The zero-order valence-corrected chi connectivity index (χ0v) is 16.6. The van der Waals surface area contributed by atoms with E-state index >= 15 is 0 Å². The first-order chi connectivity index (χ1) is 13.3. The molecule has 0 bridgehead atoms. The summed E-state index contributed by atoms with van der Waals surface area (Å²) in [5, 5.41) is 3.73. The van der Waals surface area contributed by atoms with Gasteiger partial charge in [-0.05, 0) is 74.3 Å². The van der Waals surface area contributed by atoms with Gasteiger partial charge in [-0.1, -0.05) is 6.07 Å². The summed E-state index contributed by atoms with van der Waals surface area (Å²) < 4.78 is 22.1. The van der Waals surface area contributed by atoms with Gasteiger partial charge in [-0.15, -0.1) is 0 Å². The second-order valence-electron chi connectivity index (χ2n) is 6.53. The molecule has 0 saturated heterocycles. The van der Waals surface area contributed by atoms with Crippen LogP contribution in [0, 0.1) is 12.7 Å². The Labute approximate surface area is 166 Å². The van der Waals surface area contributed by atoms with Crippen LogP contribution in [0.2, 0.25) is 0 Å². The van der Waals surface area contributed by atoms with Crippen LogP contribution >= 0.6 is 11.5 Å². The summed E-state index contributed by atoms with van der Waals surface area (Å²) in [6.45, 7) is 5.64. The molecule has 1 heterocycles. The van der Waals surface area contributed by atoms with Gasteiger partial charge in [0.2, 0.25) is 0 Å². The van der Waals surface area contributed by atoms with Crippen molar-refractivity contribution in [2.24, 2.45) is 10.7 Å². The molecule has 0 atom stereocenters. The average molecular weight is 400 g/mol. The third kappa shape index (κ3) is 4.58. The first kappa shape index (κ1) is 19.6. The van der Waals surface area contributed by atoms with E-state index in [4.69, 9.17) is 10.5 Å². The van der Waals surface area contributed by atoms with E-state index < -0.39 is 5.82 Å². The zero-order valence-electron chi connectivity index (χ0n) is 15.7. The summed E-state index contributed by atoms with van der Waals surface area (Å²) in [5.74, 6) is 0.437. The number of anilines is 2. The minimum Gasteiger partial charge on any atom is -0.454 e. The predicted octanol–water partition coefficient (Wildman–Crippen LogP) is 4.53. The Balaban J connectivity index is 1.79. The van der Waals surface area contributed by atoms with Crippen LogP contribution in [0.25, 0.3) is 0 Å². The van der Waals surface area contributed by atoms with E-state index in [0.29, 0.717) is 16.3 Å². The molecule has 0 aliphatic heterocycles. The largest absolute Gasteiger partial charge is 0.454 e. The average Bonchev–Trinajstić information content (AvgIpc) is 2.99. The molecule has 2 aromatic carbocycles. The lowest BCUT2D eigenvalue weighted by molar-refractivity contribution is 0.442. The highest BCUT2D eigenvalue weighted by atomic mass is 32.1. The fraction of sp³-hybridized carbons (Fsp3) is 0.200. The second kappa shape index (κ2) is 8.26. The van der Waals surface area contributed by atoms with Gasteiger partial charge in [-0.2, -0.15) is 0 Å². The summed E-state index contributed by atoms with van der Waals surface area (Å²) in [4.78, 5) is 16.3. The first-order valence-electron chi connectivity index (χ1n) is 8.69. The number of ether oxygens (including phenoxy) is 1. The molecule has 0 unspecified atom stereocenters. The van der Waals surface area contributed by atoms with Crippen molar-refractivity contribution in [2.45, 2.75) is 26.8 Å². The second-order valence-corrected chi connectivity index (χ2v) is 7.35. The van der Waals surface area contributed by atoms with Gasteiger partial charge in [0.15, 0.2) is 11.6 Å². The SMILES string of the molecule is Cc1ccc(F)c(Oc2ccc(Nc3s[nH]c(=O)c3C(N)=NC(C)C)cc2)c1. The Morgan fingerprint density at radius 1 is 1.25 bits per heavy atom. The molecular formula is C20H21FN4O2S. The van der Waals surface area contributed by atoms with Gasteiger partial charge in [-0.3, -0.25) is 14.2 Å². The van der Waals surface area contributed by atoms with Crippen molar-refractivity contribution < 1.29 is 9.13 Å². The van der Waals surface area contributed by atoms with Crippen molar-refractivity contribution in [3.63, 3.8) is 0 Å². The number of H-pyrrole nitrogens is 1. The van der Waals surface area contributed by atoms with Crippen LogP contribution in [0.4, 0.5) is 15.1 Å². The highest BCUT2D eigenvalue weighted by molar-refractivity contribution is 7.10. The summed E-state index contributed by atoms with van der Waals surface area (Å²) >= 11 is 1.15. The van der Waals surface area contributed by atoms with E-state index in [9.17, 15) is 9.18 Å². The normalized spacial score (nSPS) is 11.7. The van der Waals surface area contributed by atoms with Gasteiger partial charge in [-0.25, -0.2) is 4.39 Å². The van der Waals surface area contributed by atoms with Crippen LogP contribution in [-0.4, -0.2) is 16.3 Å². The lowest BCUT2D eigenvalue weighted by Gasteiger charge is -2.10. The molecule has 8 heteroatoms. The number of aliphatic imine (C=N–C) groups is 1. The van der Waals surface area contributed by atoms with Crippen LogP contribution in [-0.2, 0) is 0 Å². The highest BCUT2D eigenvalue weighted by Gasteiger charge is 2.15. The number of hydrogen-bond donors (Lipinski definition) is 3. The van der Waals surface area contributed by atoms with E-state index in [2.05, 4.69) is 14.7 Å². The van der Waals surface area contributed by atoms with E-state index in [1.807, 2.05) is 20.8 Å². The maximum absolute atomic E-state index is 13.8. The first-order valence-corrected chi connectivity index (χ1v) is 9.51. The predicted molar refractivity (Wildman–Crippen MR) is 112 cm³/mol. The number of rotatable bonds is 6. The Hall–Kier alpha value is -3.13. The maximum Gasteiger partial charge on any atom is 0.271 e. The highest BCUT2D eigenvalue weighted by Crippen LogP contribution is 2.28. The quantitative estimate of drug-likeness (QED) is 0.419. The van der Waals surface area contributed by atoms with Gasteiger partial charge >= 0.3 is 0 Å². The Morgan fingerprint density at radius 3 is 2.64 bits per heavy atom. The molecule has 28 heavy (non-hydrogen) atoms. The molecule has 0 amide bonds. The molecule has 0 aliphatic carbocycles. The van der Waals surface area contributed by atoms with Crippen molar-refractivity contribution in [1.29, 1.82) is 0 Å². The fourth-order valence-corrected chi connectivity index (χ4v) is 3.28. The van der Waals surface area contributed by atoms with Crippen LogP contribution < -0.4 is 21.3 Å². The summed E-state index contributed by atoms with van der Waals surface area (Å²) in [6, 6.07) is 11.6. The van der Waals surface area contributed by atoms with Gasteiger partial charge < -0.3 is 15.8 Å². The molecule has 1 aromatic heterocycles. The minimum atomic E-state index is -0.422. The van der Waals surface area contributed by atoms with Gasteiger partial charge in [0.25, 0.3) is 5.56 Å². The topological polar surface area (TPSA) is 92.5 Å². The fourth-order valence-electron chi connectivity index (χ4n) is 2.52. The Morgan fingerprint density at radius 2 is 1.96 bits per heavy atom. The molecule has 3 rings (SSSR count). The summed E-state index contributed by atoms with van der Waals surface area (Å²) in [5.41, 5.74) is 7.64.